The van der Waals surface area contributed by atoms with E-state index >= 15 is 0 Å². The fourth-order valence-electron chi connectivity index (χ4n) is 3.53. The Balaban J connectivity index is 1.47. The van der Waals surface area contributed by atoms with Crippen LogP contribution in [0.2, 0.25) is 0 Å². The first kappa shape index (κ1) is 20.8. The Bertz CT molecular complexity index is 1140. The number of para-hydroxylation sites is 1. The number of fused-ring (bicyclic) bond motifs is 2. The largest absolute Gasteiger partial charge is 0.357 e. The highest BCUT2D eigenvalue weighted by Crippen LogP contribution is 2.24. The number of hydrogen-bond donors (Lipinski definition) is 3. The third kappa shape index (κ3) is 4.22. The molecule has 7 heteroatoms. The highest BCUT2D eigenvalue weighted by atomic mass is 16.2. The molecule has 4 rings (SSSR count). The molecule has 0 bridgehead atoms. The van der Waals surface area contributed by atoms with Crippen molar-refractivity contribution in [2.24, 2.45) is 0 Å². The maximum absolute atomic E-state index is 12.8. The maximum Gasteiger partial charge on any atom is 0.246 e. The quantitative estimate of drug-likeness (QED) is 0.566. The van der Waals surface area contributed by atoms with Gasteiger partial charge in [0.1, 0.15) is 5.82 Å². The van der Waals surface area contributed by atoms with E-state index in [1.807, 2.05) is 51.1 Å². The maximum atomic E-state index is 12.8. The van der Waals surface area contributed by atoms with E-state index in [-0.39, 0.29) is 17.9 Å². The van der Waals surface area contributed by atoms with Gasteiger partial charge in [-0.05, 0) is 56.0 Å². The van der Waals surface area contributed by atoms with E-state index in [4.69, 9.17) is 0 Å². The minimum atomic E-state index is -0.672. The number of anilines is 1. The Morgan fingerprint density at radius 3 is 2.81 bits per heavy atom. The van der Waals surface area contributed by atoms with Crippen molar-refractivity contribution in [2.45, 2.75) is 38.9 Å². The first-order valence-corrected chi connectivity index (χ1v) is 10.3. The van der Waals surface area contributed by atoms with Crippen LogP contribution >= 0.6 is 0 Å². The molecule has 0 saturated carbocycles. The summed E-state index contributed by atoms with van der Waals surface area (Å²) in [5.74, 6) is 0.328. The van der Waals surface area contributed by atoms with E-state index < -0.39 is 5.54 Å². The lowest BCUT2D eigenvalue weighted by Gasteiger charge is -2.22. The average Bonchev–Trinajstić information content (AvgIpc) is 3.15. The van der Waals surface area contributed by atoms with Crippen LogP contribution in [0.3, 0.4) is 0 Å². The summed E-state index contributed by atoms with van der Waals surface area (Å²) in [7, 11) is 1.79. The van der Waals surface area contributed by atoms with Crippen LogP contribution in [0.1, 0.15) is 43.6 Å². The molecule has 160 valence electrons. The van der Waals surface area contributed by atoms with Crippen LogP contribution < -0.4 is 10.6 Å². The third-order valence-electron chi connectivity index (χ3n) is 5.86. The summed E-state index contributed by atoms with van der Waals surface area (Å²) >= 11 is 0. The summed E-state index contributed by atoms with van der Waals surface area (Å²) < 4.78 is 0. The molecule has 31 heavy (non-hydrogen) atoms. The van der Waals surface area contributed by atoms with Gasteiger partial charge in [0.05, 0.1) is 11.6 Å². The number of aromatic amines is 1. The molecule has 3 N–H and O–H groups in total. The minimum Gasteiger partial charge on any atom is -0.357 e. The van der Waals surface area contributed by atoms with Gasteiger partial charge in [0.15, 0.2) is 0 Å². The number of nitrogens with one attached hydrogen (secondary N) is 3. The van der Waals surface area contributed by atoms with Gasteiger partial charge in [-0.2, -0.15) is 0 Å². The Kier molecular flexibility index (Phi) is 5.37. The summed E-state index contributed by atoms with van der Waals surface area (Å²) in [6, 6.07) is 12.0. The summed E-state index contributed by atoms with van der Waals surface area (Å²) in [6.07, 6.45) is 4.96. The van der Waals surface area contributed by atoms with Crippen LogP contribution in [-0.2, 0) is 16.1 Å². The smallest absolute Gasteiger partial charge is 0.246 e. The third-order valence-corrected chi connectivity index (χ3v) is 5.86. The van der Waals surface area contributed by atoms with Gasteiger partial charge < -0.3 is 15.2 Å². The van der Waals surface area contributed by atoms with E-state index in [9.17, 15) is 9.59 Å². The van der Waals surface area contributed by atoms with Gasteiger partial charge in [-0.1, -0.05) is 18.2 Å². The second kappa shape index (κ2) is 8.00. The molecule has 1 aliphatic heterocycles. The molecule has 1 atom stereocenters. The first-order chi connectivity index (χ1) is 14.7. The molecule has 2 aromatic heterocycles. The average molecular weight is 418 g/mol. The zero-order chi connectivity index (χ0) is 22.2. The Labute approximate surface area is 181 Å². The van der Waals surface area contributed by atoms with Gasteiger partial charge >= 0.3 is 0 Å². The van der Waals surface area contributed by atoms with Crippen LogP contribution in [0.4, 0.5) is 5.82 Å². The Hall–Kier alpha value is -3.45. The number of aromatic nitrogens is 2. The number of hydrogen-bond acceptors (Lipinski definition) is 4. The topological polar surface area (TPSA) is 90.1 Å². The van der Waals surface area contributed by atoms with Gasteiger partial charge in [-0.15, -0.1) is 0 Å². The summed E-state index contributed by atoms with van der Waals surface area (Å²) in [6.45, 7) is 6.17. The van der Waals surface area contributed by atoms with Crippen LogP contribution in [0.15, 0.2) is 48.7 Å². The van der Waals surface area contributed by atoms with Gasteiger partial charge in [0.2, 0.25) is 11.8 Å². The number of likely N-dealkylation sites (N-methyl/N-ethyl adjacent to an activating group) is 1. The molecule has 1 aliphatic rings. The predicted molar refractivity (Wildman–Crippen MR) is 122 cm³/mol. The number of carbonyl (C=O) groups is 2. The number of amides is 2. The SMILES string of the molecule is CC(c1cc2ccccc2[nH]1)N(C)C(=O)C=Cc1cnc2c(c1)CNC(C)(C)C(=O)N2. The van der Waals surface area contributed by atoms with E-state index in [0.29, 0.717) is 12.4 Å². The molecule has 1 unspecified atom stereocenters. The van der Waals surface area contributed by atoms with Crippen molar-refractivity contribution in [2.75, 3.05) is 12.4 Å². The van der Waals surface area contributed by atoms with Crippen LogP contribution in [0, 0.1) is 0 Å². The lowest BCUT2D eigenvalue weighted by molar-refractivity contribution is -0.126. The van der Waals surface area contributed by atoms with E-state index in [2.05, 4.69) is 26.7 Å². The first-order valence-electron chi connectivity index (χ1n) is 10.3. The molecule has 7 nitrogen and oxygen atoms in total. The summed E-state index contributed by atoms with van der Waals surface area (Å²) in [4.78, 5) is 34.4. The molecule has 0 fully saturated rings. The number of H-pyrrole nitrogens is 1. The van der Waals surface area contributed by atoms with Crippen molar-refractivity contribution < 1.29 is 9.59 Å². The van der Waals surface area contributed by atoms with Crippen molar-refractivity contribution in [3.8, 4) is 0 Å². The van der Waals surface area contributed by atoms with E-state index in [0.717, 1.165) is 27.7 Å². The highest BCUT2D eigenvalue weighted by Gasteiger charge is 2.30. The minimum absolute atomic E-state index is 0.101. The molecular weight excluding hydrogens is 390 g/mol. The monoisotopic (exact) mass is 417 g/mol. The second-order valence-electron chi connectivity index (χ2n) is 8.48. The standard InChI is InChI=1S/C24H27N5O2/c1-15(20-12-17-7-5-6-8-19(17)27-20)29(4)21(30)10-9-16-11-18-14-26-24(2,3)23(31)28-22(18)25-13-16/h5-13,15,26-27H,14H2,1-4H3,(H,25,28,31). The zero-order valence-electron chi connectivity index (χ0n) is 18.2. The summed E-state index contributed by atoms with van der Waals surface area (Å²) in [5, 5.41) is 7.20. The number of benzene rings is 1. The number of rotatable bonds is 4. The van der Waals surface area contributed by atoms with Crippen molar-refractivity contribution in [1.29, 1.82) is 0 Å². The normalized spacial score (nSPS) is 16.6. The van der Waals surface area contributed by atoms with Gasteiger partial charge in [-0.25, -0.2) is 4.98 Å². The molecule has 3 aromatic rings. The highest BCUT2D eigenvalue weighted by molar-refractivity contribution is 5.98. The van der Waals surface area contributed by atoms with Gasteiger partial charge in [-0.3, -0.25) is 14.9 Å². The number of pyridine rings is 1. The van der Waals surface area contributed by atoms with Crippen LogP contribution in [-0.4, -0.2) is 39.3 Å². The van der Waals surface area contributed by atoms with Gasteiger partial charge in [0.25, 0.3) is 0 Å². The van der Waals surface area contributed by atoms with Gasteiger partial charge in [0, 0.05) is 42.6 Å². The molecule has 0 saturated heterocycles. The van der Waals surface area contributed by atoms with Crippen LogP contribution in [0.25, 0.3) is 17.0 Å². The zero-order valence-corrected chi connectivity index (χ0v) is 18.2. The molecule has 0 aliphatic carbocycles. The summed E-state index contributed by atoms with van der Waals surface area (Å²) in [5.41, 5.74) is 3.05. The van der Waals surface area contributed by atoms with Crippen molar-refractivity contribution in [1.82, 2.24) is 20.2 Å². The lowest BCUT2D eigenvalue weighted by Crippen LogP contribution is -2.47. The number of carbonyl (C=O) groups excluding carboxylic acids is 2. The lowest BCUT2D eigenvalue weighted by atomic mass is 10.1. The fourth-order valence-corrected chi connectivity index (χ4v) is 3.53. The predicted octanol–water partition coefficient (Wildman–Crippen LogP) is 3.62. The molecular formula is C24H27N5O2. The van der Waals surface area contributed by atoms with E-state index in [1.54, 1.807) is 30.3 Å². The molecule has 0 radical (unpaired) electrons. The van der Waals surface area contributed by atoms with Crippen molar-refractivity contribution >= 4 is 34.6 Å². The molecule has 3 heterocycles. The number of nitrogens with zero attached hydrogens (tertiary/aromatic N) is 2. The molecule has 1 aromatic carbocycles. The van der Waals surface area contributed by atoms with Crippen LogP contribution in [0.5, 0.6) is 0 Å². The molecule has 0 spiro atoms. The molecule has 2 amide bonds. The fraction of sp³-hybridized carbons (Fsp3) is 0.292. The Morgan fingerprint density at radius 1 is 1.26 bits per heavy atom. The second-order valence-corrected chi connectivity index (χ2v) is 8.48. The van der Waals surface area contributed by atoms with Crippen molar-refractivity contribution in [3.05, 3.63) is 65.5 Å². The van der Waals surface area contributed by atoms with E-state index in [1.165, 1.54) is 0 Å². The Morgan fingerprint density at radius 2 is 2.03 bits per heavy atom. The van der Waals surface area contributed by atoms with Crippen molar-refractivity contribution in [3.63, 3.8) is 0 Å².